The molecule has 296 valence electrons. The zero-order valence-electron chi connectivity index (χ0n) is 33.7. The molecule has 2 aliphatic heterocycles. The highest BCUT2D eigenvalue weighted by molar-refractivity contribution is 9.13. The Morgan fingerprint density at radius 2 is 0.787 bits per heavy atom. The molecule has 10 rings (SSSR count). The average molecular weight is 924 g/mol. The normalized spacial score (nSPS) is 12.1. The van der Waals surface area contributed by atoms with E-state index in [9.17, 15) is 10.1 Å². The van der Waals surface area contributed by atoms with Crippen LogP contribution >= 0.6 is 31.9 Å². The Morgan fingerprint density at radius 3 is 1.15 bits per heavy atom. The molecule has 0 saturated carbocycles. The first kappa shape index (κ1) is 38.5. The second kappa shape index (κ2) is 15.1. The summed E-state index contributed by atoms with van der Waals surface area (Å²) in [5, 5.41) is 15.2. The highest BCUT2D eigenvalue weighted by Crippen LogP contribution is 2.44. The van der Waals surface area contributed by atoms with Crippen LogP contribution in [0.3, 0.4) is 0 Å². The van der Waals surface area contributed by atoms with Crippen LogP contribution in [0.1, 0.15) is 45.0 Å². The Labute approximate surface area is 369 Å². The lowest BCUT2D eigenvalue weighted by atomic mass is 9.99. The molecule has 0 fully saturated rings. The van der Waals surface area contributed by atoms with Gasteiger partial charge in [0.25, 0.3) is 5.69 Å². The summed E-state index contributed by atoms with van der Waals surface area (Å²) in [7, 11) is 0. The number of nitrogens with one attached hydrogen (secondary N) is 2. The van der Waals surface area contributed by atoms with E-state index in [0.717, 1.165) is 103 Å². The fourth-order valence-electron chi connectivity index (χ4n) is 8.39. The Hall–Kier alpha value is -6.68. The summed E-state index contributed by atoms with van der Waals surface area (Å²) in [5.41, 5.74) is 16.7. The maximum absolute atomic E-state index is 13.2. The molecule has 0 unspecified atom stereocenters. The van der Waals surface area contributed by atoms with Gasteiger partial charge in [-0.2, -0.15) is 0 Å². The quantitative estimate of drug-likeness (QED) is 0.133. The van der Waals surface area contributed by atoms with Crippen molar-refractivity contribution in [1.82, 2.24) is 19.9 Å². The van der Waals surface area contributed by atoms with Crippen molar-refractivity contribution in [3.8, 4) is 44.5 Å². The zero-order valence-corrected chi connectivity index (χ0v) is 36.9. The third-order valence-electron chi connectivity index (χ3n) is 11.5. The van der Waals surface area contributed by atoms with Gasteiger partial charge in [0.05, 0.1) is 44.2 Å². The summed E-state index contributed by atoms with van der Waals surface area (Å²) >= 11 is 7.67. The van der Waals surface area contributed by atoms with Gasteiger partial charge in [-0.05, 0) is 118 Å². The monoisotopic (exact) mass is 921 g/mol. The standard InChI is InChI=1S/C52H37Br2N5O2/c1-28-5-13-32(14-6-28)46-40-21-22-41(55-40)47(33-15-7-29(2)8-16-33)50-36-25-38(53)39(54)26-37(36)51(58-50)48(34-17-9-30(3)10-18-34)42-23-24-43(56-42)49(35-19-11-31(4)12-20-35)52-45(59(60)61)27-44(46)57-52/h5-27,57-58H,1-4H3. The van der Waals surface area contributed by atoms with E-state index in [1.807, 2.05) is 68.5 Å². The van der Waals surface area contributed by atoms with Crippen molar-refractivity contribution in [1.29, 1.82) is 0 Å². The molecule has 61 heavy (non-hydrogen) atoms. The number of aromatic amines is 2. The number of aromatic nitrogens is 4. The molecule has 0 atom stereocenters. The molecular weight excluding hydrogens is 886 g/mol. The number of halogens is 2. The van der Waals surface area contributed by atoms with Crippen LogP contribution in [0.15, 0.2) is 124 Å². The van der Waals surface area contributed by atoms with Gasteiger partial charge in [-0.15, -0.1) is 0 Å². The predicted molar refractivity (Wildman–Crippen MR) is 259 cm³/mol. The third-order valence-corrected chi connectivity index (χ3v) is 13.4. The smallest absolute Gasteiger partial charge is 0.295 e. The van der Waals surface area contributed by atoms with Crippen LogP contribution in [0.5, 0.6) is 0 Å². The maximum atomic E-state index is 13.2. The molecular formula is C52H37Br2N5O2. The number of aryl methyl sites for hydroxylation is 4. The van der Waals surface area contributed by atoms with Crippen molar-refractivity contribution in [3.63, 3.8) is 0 Å². The van der Waals surface area contributed by atoms with Gasteiger partial charge in [-0.1, -0.05) is 119 Å². The third kappa shape index (κ3) is 6.84. The first-order valence-electron chi connectivity index (χ1n) is 20.0. The van der Waals surface area contributed by atoms with Gasteiger partial charge in [0.2, 0.25) is 0 Å². The minimum absolute atomic E-state index is 0.0551. The summed E-state index contributed by atoms with van der Waals surface area (Å²) in [6, 6.07) is 39.2. The van der Waals surface area contributed by atoms with Crippen LogP contribution in [-0.4, -0.2) is 24.9 Å². The summed E-state index contributed by atoms with van der Waals surface area (Å²) in [5.74, 6) is 0. The topological polar surface area (TPSA) is 100 Å². The average Bonchev–Trinajstić information content (AvgIpc) is 4.07. The number of hydrogen-bond acceptors (Lipinski definition) is 4. The molecule has 5 heterocycles. The Kier molecular flexibility index (Phi) is 9.53. The van der Waals surface area contributed by atoms with Gasteiger partial charge in [0.1, 0.15) is 5.52 Å². The summed E-state index contributed by atoms with van der Waals surface area (Å²) in [4.78, 5) is 31.3. The second-order valence-electron chi connectivity index (χ2n) is 15.8. The SMILES string of the molecule is Cc1ccc(-c2c3nc(c(-c4ccc(C)cc4)c4[nH]c(c(-c5ccc(C)cc5)c5nc(c(-c6ccc(C)cc6)c6[nH]c2cc6[N+](=O)[O-])C=C5)c2cc(Br)c(Br)cc42)C=C3)cc1. The van der Waals surface area contributed by atoms with Gasteiger partial charge in [0.15, 0.2) is 0 Å². The van der Waals surface area contributed by atoms with Crippen LogP contribution < -0.4 is 0 Å². The molecule has 3 aromatic heterocycles. The van der Waals surface area contributed by atoms with Crippen LogP contribution in [0.4, 0.5) is 5.69 Å². The molecule has 5 aromatic carbocycles. The first-order chi connectivity index (χ1) is 29.5. The highest BCUT2D eigenvalue weighted by Gasteiger charge is 2.25. The van der Waals surface area contributed by atoms with Gasteiger partial charge >= 0.3 is 0 Å². The molecule has 8 bridgehead atoms. The van der Waals surface area contributed by atoms with Crippen molar-refractivity contribution < 1.29 is 4.92 Å². The lowest BCUT2D eigenvalue weighted by molar-refractivity contribution is -0.382. The fraction of sp³-hybridized carbons (Fsp3) is 0.0769. The molecule has 0 amide bonds. The minimum atomic E-state index is -0.312. The van der Waals surface area contributed by atoms with Crippen molar-refractivity contribution in [2.75, 3.05) is 0 Å². The summed E-state index contributed by atoms with van der Waals surface area (Å²) in [6.07, 6.45) is 8.06. The molecule has 0 aliphatic carbocycles. The molecule has 0 saturated heterocycles. The van der Waals surface area contributed by atoms with E-state index in [2.05, 4.69) is 135 Å². The molecule has 8 aromatic rings. The van der Waals surface area contributed by atoms with Crippen molar-refractivity contribution >= 4 is 94.7 Å². The van der Waals surface area contributed by atoms with Gasteiger partial charge < -0.3 is 9.97 Å². The van der Waals surface area contributed by atoms with Crippen molar-refractivity contribution in [2.45, 2.75) is 27.7 Å². The molecule has 0 radical (unpaired) electrons. The van der Waals surface area contributed by atoms with Gasteiger partial charge in [0, 0.05) is 48.0 Å². The number of nitrogens with zero attached hydrogens (tertiary/aromatic N) is 3. The molecule has 9 heteroatoms. The lowest BCUT2D eigenvalue weighted by Crippen LogP contribution is -1.91. The Balaban J connectivity index is 1.50. The minimum Gasteiger partial charge on any atom is -0.353 e. The summed E-state index contributed by atoms with van der Waals surface area (Å²) < 4.78 is 1.82. The van der Waals surface area contributed by atoms with E-state index >= 15 is 0 Å². The van der Waals surface area contributed by atoms with Crippen LogP contribution in [0.25, 0.3) is 102 Å². The van der Waals surface area contributed by atoms with Crippen molar-refractivity contribution in [3.05, 3.63) is 179 Å². The number of fused-ring (bicyclic) bond motifs is 11. The van der Waals surface area contributed by atoms with E-state index in [0.29, 0.717) is 28.0 Å². The number of nitro groups is 1. The number of hydrogen-bond donors (Lipinski definition) is 2. The predicted octanol–water partition coefficient (Wildman–Crippen LogP) is 15.1. The Morgan fingerprint density at radius 1 is 0.459 bits per heavy atom. The van der Waals surface area contributed by atoms with E-state index < -0.39 is 0 Å². The number of benzene rings is 5. The molecule has 7 nitrogen and oxygen atoms in total. The van der Waals surface area contributed by atoms with Crippen molar-refractivity contribution in [2.24, 2.45) is 0 Å². The Bertz CT molecular complexity index is 3360. The largest absolute Gasteiger partial charge is 0.353 e. The molecule has 2 aliphatic rings. The lowest BCUT2D eigenvalue weighted by Gasteiger charge is -2.07. The molecule has 2 N–H and O–H groups in total. The maximum Gasteiger partial charge on any atom is 0.295 e. The summed E-state index contributed by atoms with van der Waals surface area (Å²) in [6.45, 7) is 8.24. The van der Waals surface area contributed by atoms with E-state index in [4.69, 9.17) is 9.97 Å². The van der Waals surface area contributed by atoms with Crippen LogP contribution in [0, 0.1) is 37.8 Å². The highest BCUT2D eigenvalue weighted by atomic mass is 79.9. The van der Waals surface area contributed by atoms with E-state index in [-0.39, 0.29) is 10.6 Å². The second-order valence-corrected chi connectivity index (χ2v) is 17.5. The van der Waals surface area contributed by atoms with Gasteiger partial charge in [-0.3, -0.25) is 10.1 Å². The van der Waals surface area contributed by atoms with Gasteiger partial charge in [-0.25, -0.2) is 9.97 Å². The van der Waals surface area contributed by atoms with Crippen LogP contribution in [0.2, 0.25) is 0 Å². The number of rotatable bonds is 5. The van der Waals surface area contributed by atoms with Crippen LogP contribution in [-0.2, 0) is 0 Å². The fourth-order valence-corrected chi connectivity index (χ4v) is 9.08. The first-order valence-corrected chi connectivity index (χ1v) is 21.5. The molecule has 0 spiro atoms. The van der Waals surface area contributed by atoms with E-state index in [1.165, 1.54) is 0 Å². The zero-order chi connectivity index (χ0) is 42.1. The number of H-pyrrole nitrogens is 2. The van der Waals surface area contributed by atoms with E-state index in [1.54, 1.807) is 6.07 Å².